The molecule has 0 saturated heterocycles. The average molecular weight is 243 g/mol. The van der Waals surface area contributed by atoms with E-state index in [1.54, 1.807) is 12.3 Å². The molecule has 0 atom stereocenters. The summed E-state index contributed by atoms with van der Waals surface area (Å²) < 4.78 is 1.90. The van der Waals surface area contributed by atoms with E-state index in [9.17, 15) is 4.79 Å². The molecule has 0 saturated carbocycles. The summed E-state index contributed by atoms with van der Waals surface area (Å²) >= 11 is 0. The van der Waals surface area contributed by atoms with Gasteiger partial charge in [-0.05, 0) is 26.0 Å². The zero-order valence-electron chi connectivity index (χ0n) is 11.1. The molecule has 0 spiro atoms. The lowest BCUT2D eigenvalue weighted by molar-refractivity contribution is 0.103. The lowest BCUT2D eigenvalue weighted by Crippen LogP contribution is -2.07. The van der Waals surface area contributed by atoms with Crippen molar-refractivity contribution in [3.63, 3.8) is 0 Å². The zero-order valence-corrected chi connectivity index (χ0v) is 11.1. The number of allylic oxidation sites excluding steroid dienone is 1. The smallest absolute Gasteiger partial charge is 0.205 e. The minimum absolute atomic E-state index is 0.0250. The standard InChI is InChI=1S/C14H17N3O/c1-10-6-5-7-13-15-11(2)14(17(10)13)12(18)8-9-16(3)4/h5-9H,1-4H3. The van der Waals surface area contributed by atoms with Crippen LogP contribution >= 0.6 is 0 Å². The van der Waals surface area contributed by atoms with Gasteiger partial charge in [0, 0.05) is 32.1 Å². The lowest BCUT2D eigenvalue weighted by Gasteiger charge is -2.05. The largest absolute Gasteiger partial charge is 0.383 e. The van der Waals surface area contributed by atoms with Crippen molar-refractivity contribution in [3.8, 4) is 0 Å². The number of carbonyl (C=O) groups is 1. The summed E-state index contributed by atoms with van der Waals surface area (Å²) in [5.41, 5.74) is 3.22. The van der Waals surface area contributed by atoms with Gasteiger partial charge in [0.15, 0.2) is 0 Å². The van der Waals surface area contributed by atoms with E-state index in [1.165, 1.54) is 0 Å². The van der Waals surface area contributed by atoms with Crippen LogP contribution in [0.5, 0.6) is 0 Å². The molecule has 0 aromatic carbocycles. The van der Waals surface area contributed by atoms with E-state index in [2.05, 4.69) is 4.98 Å². The van der Waals surface area contributed by atoms with Crippen molar-refractivity contribution < 1.29 is 4.79 Å². The van der Waals surface area contributed by atoms with Crippen LogP contribution < -0.4 is 0 Å². The van der Waals surface area contributed by atoms with E-state index in [1.807, 2.05) is 55.4 Å². The molecule has 0 aliphatic carbocycles. The second-order valence-corrected chi connectivity index (χ2v) is 4.55. The van der Waals surface area contributed by atoms with Crippen molar-refractivity contribution in [2.75, 3.05) is 14.1 Å². The van der Waals surface area contributed by atoms with Crippen molar-refractivity contribution in [1.82, 2.24) is 14.3 Å². The fourth-order valence-electron chi connectivity index (χ4n) is 1.95. The van der Waals surface area contributed by atoms with Gasteiger partial charge >= 0.3 is 0 Å². The maximum absolute atomic E-state index is 12.2. The zero-order chi connectivity index (χ0) is 13.3. The number of rotatable bonds is 3. The van der Waals surface area contributed by atoms with E-state index in [0.717, 1.165) is 17.0 Å². The number of hydrogen-bond donors (Lipinski definition) is 0. The second-order valence-electron chi connectivity index (χ2n) is 4.55. The molecule has 0 bridgehead atoms. The lowest BCUT2D eigenvalue weighted by atomic mass is 10.2. The van der Waals surface area contributed by atoms with E-state index in [4.69, 9.17) is 0 Å². The van der Waals surface area contributed by atoms with Gasteiger partial charge in [-0.2, -0.15) is 0 Å². The summed E-state index contributed by atoms with van der Waals surface area (Å²) in [7, 11) is 3.77. The Kier molecular flexibility index (Phi) is 3.19. The average Bonchev–Trinajstić information content (AvgIpc) is 2.63. The summed E-state index contributed by atoms with van der Waals surface area (Å²) in [6.45, 7) is 3.84. The highest BCUT2D eigenvalue weighted by Crippen LogP contribution is 2.15. The molecule has 94 valence electrons. The van der Waals surface area contributed by atoms with Crippen LogP contribution in [0, 0.1) is 13.8 Å². The normalized spacial score (nSPS) is 11.3. The number of fused-ring (bicyclic) bond motifs is 1. The Hall–Kier alpha value is -2.10. The number of pyridine rings is 1. The molecule has 2 heterocycles. The molecule has 0 aliphatic rings. The third-order valence-electron chi connectivity index (χ3n) is 2.77. The number of imidazole rings is 1. The van der Waals surface area contributed by atoms with Crippen LogP contribution in [0.15, 0.2) is 30.5 Å². The molecule has 0 unspecified atom stereocenters. The van der Waals surface area contributed by atoms with Crippen LogP contribution in [0.2, 0.25) is 0 Å². The summed E-state index contributed by atoms with van der Waals surface area (Å²) in [6.07, 6.45) is 3.32. The first-order valence-corrected chi connectivity index (χ1v) is 5.84. The van der Waals surface area contributed by atoms with Gasteiger partial charge in [-0.1, -0.05) is 6.07 Å². The highest BCUT2D eigenvalue weighted by atomic mass is 16.1. The van der Waals surface area contributed by atoms with Gasteiger partial charge < -0.3 is 4.90 Å². The van der Waals surface area contributed by atoms with Crippen molar-refractivity contribution >= 4 is 11.4 Å². The van der Waals surface area contributed by atoms with Crippen molar-refractivity contribution in [2.45, 2.75) is 13.8 Å². The molecule has 18 heavy (non-hydrogen) atoms. The first-order valence-electron chi connectivity index (χ1n) is 5.84. The van der Waals surface area contributed by atoms with Crippen molar-refractivity contribution in [3.05, 3.63) is 47.6 Å². The second kappa shape index (κ2) is 4.64. The predicted molar refractivity (Wildman–Crippen MR) is 71.8 cm³/mol. The summed E-state index contributed by atoms with van der Waals surface area (Å²) in [5.74, 6) is -0.0250. The van der Waals surface area contributed by atoms with Crippen LogP contribution in [0.1, 0.15) is 21.9 Å². The van der Waals surface area contributed by atoms with Crippen LogP contribution in [-0.2, 0) is 0 Å². The highest BCUT2D eigenvalue weighted by Gasteiger charge is 2.15. The highest BCUT2D eigenvalue weighted by molar-refractivity contribution is 6.04. The Morgan fingerprint density at radius 3 is 2.72 bits per heavy atom. The van der Waals surface area contributed by atoms with Crippen molar-refractivity contribution in [1.29, 1.82) is 0 Å². The summed E-state index contributed by atoms with van der Waals surface area (Å²) in [5, 5.41) is 0. The van der Waals surface area contributed by atoms with E-state index in [-0.39, 0.29) is 5.78 Å². The fraction of sp³-hybridized carbons (Fsp3) is 0.286. The van der Waals surface area contributed by atoms with E-state index in [0.29, 0.717) is 5.69 Å². The van der Waals surface area contributed by atoms with E-state index < -0.39 is 0 Å². The third kappa shape index (κ3) is 2.14. The first-order chi connectivity index (χ1) is 8.50. The fourth-order valence-corrected chi connectivity index (χ4v) is 1.95. The molecule has 4 nitrogen and oxygen atoms in total. The van der Waals surface area contributed by atoms with Crippen molar-refractivity contribution in [2.24, 2.45) is 0 Å². The van der Waals surface area contributed by atoms with Gasteiger partial charge in [0.25, 0.3) is 0 Å². The maximum atomic E-state index is 12.2. The third-order valence-corrected chi connectivity index (χ3v) is 2.77. The summed E-state index contributed by atoms with van der Waals surface area (Å²) in [4.78, 5) is 18.5. The quantitative estimate of drug-likeness (QED) is 0.612. The number of aromatic nitrogens is 2. The first kappa shape index (κ1) is 12.4. The van der Waals surface area contributed by atoms with Gasteiger partial charge in [0.2, 0.25) is 5.78 Å². The Morgan fingerprint density at radius 1 is 1.33 bits per heavy atom. The van der Waals surface area contributed by atoms with Gasteiger partial charge in [0.1, 0.15) is 11.3 Å². The van der Waals surface area contributed by atoms with E-state index >= 15 is 0 Å². The maximum Gasteiger partial charge on any atom is 0.205 e. The van der Waals surface area contributed by atoms with Gasteiger partial charge in [-0.25, -0.2) is 4.98 Å². The Labute approximate surface area is 107 Å². The molecule has 2 aromatic heterocycles. The minimum Gasteiger partial charge on any atom is -0.383 e. The molecule has 4 heteroatoms. The molecular weight excluding hydrogens is 226 g/mol. The Balaban J connectivity index is 2.57. The molecule has 2 aromatic rings. The van der Waals surface area contributed by atoms with Crippen LogP contribution in [0.3, 0.4) is 0 Å². The molecular formula is C14H17N3O. The number of nitrogens with zero attached hydrogens (tertiary/aromatic N) is 3. The Morgan fingerprint density at radius 2 is 2.06 bits per heavy atom. The number of carbonyl (C=O) groups excluding carboxylic acids is 1. The Bertz CT molecular complexity index is 623. The number of ketones is 1. The van der Waals surface area contributed by atoms with Crippen LogP contribution in [0.4, 0.5) is 0 Å². The topological polar surface area (TPSA) is 37.6 Å². The predicted octanol–water partition coefficient (Wildman–Crippen LogP) is 2.21. The minimum atomic E-state index is -0.0250. The molecule has 0 aliphatic heterocycles. The molecule has 0 radical (unpaired) electrons. The molecule has 0 N–H and O–H groups in total. The monoisotopic (exact) mass is 243 g/mol. The molecule has 2 rings (SSSR count). The van der Waals surface area contributed by atoms with Gasteiger partial charge in [-0.3, -0.25) is 9.20 Å². The SMILES string of the molecule is Cc1nc2cccc(C)n2c1C(=O)C=CN(C)C. The number of aryl methyl sites for hydroxylation is 2. The van der Waals surface area contributed by atoms with Crippen LogP contribution in [-0.4, -0.2) is 34.2 Å². The molecule has 0 fully saturated rings. The molecule has 0 amide bonds. The van der Waals surface area contributed by atoms with Crippen LogP contribution in [0.25, 0.3) is 5.65 Å². The number of hydrogen-bond acceptors (Lipinski definition) is 3. The van der Waals surface area contributed by atoms with Gasteiger partial charge in [0.05, 0.1) is 5.69 Å². The van der Waals surface area contributed by atoms with Gasteiger partial charge in [-0.15, -0.1) is 0 Å². The summed E-state index contributed by atoms with van der Waals surface area (Å²) in [6, 6.07) is 5.83.